The molecule has 3 aromatic heterocycles. The van der Waals surface area contributed by atoms with E-state index in [1.54, 1.807) is 18.5 Å². The number of aromatic amines is 1. The van der Waals surface area contributed by atoms with E-state index in [1.165, 1.54) is 5.69 Å². The second-order valence-corrected chi connectivity index (χ2v) is 8.02. The number of hydrogen-bond donors (Lipinski definition) is 2. The fraction of sp³-hybridized carbons (Fsp3) is 0.474. The summed E-state index contributed by atoms with van der Waals surface area (Å²) in [5, 5.41) is 15.6. The van der Waals surface area contributed by atoms with Gasteiger partial charge in [-0.15, -0.1) is 0 Å². The van der Waals surface area contributed by atoms with E-state index in [0.29, 0.717) is 12.5 Å². The minimum Gasteiger partial charge on any atom is -0.348 e. The molecule has 4 rings (SSSR count). The Labute approximate surface area is 159 Å². The predicted molar refractivity (Wildman–Crippen MR) is 103 cm³/mol. The van der Waals surface area contributed by atoms with E-state index < -0.39 is 0 Å². The maximum absolute atomic E-state index is 4.70. The van der Waals surface area contributed by atoms with Gasteiger partial charge in [-0.1, -0.05) is 20.8 Å². The van der Waals surface area contributed by atoms with Crippen molar-refractivity contribution in [3.05, 3.63) is 53.4 Å². The van der Waals surface area contributed by atoms with Gasteiger partial charge in [0.2, 0.25) is 5.95 Å². The number of H-pyrrole nitrogens is 1. The van der Waals surface area contributed by atoms with Crippen LogP contribution in [0.5, 0.6) is 0 Å². The van der Waals surface area contributed by atoms with Gasteiger partial charge in [-0.05, 0) is 18.2 Å². The van der Waals surface area contributed by atoms with E-state index >= 15 is 0 Å². The zero-order valence-electron chi connectivity index (χ0n) is 16.1. The van der Waals surface area contributed by atoms with Crippen molar-refractivity contribution in [2.75, 3.05) is 11.9 Å². The van der Waals surface area contributed by atoms with Crippen LogP contribution in [-0.2, 0) is 31.6 Å². The van der Waals surface area contributed by atoms with Crippen LogP contribution in [0.3, 0.4) is 0 Å². The molecule has 27 heavy (non-hydrogen) atoms. The molecular weight excluding hydrogens is 340 g/mol. The van der Waals surface area contributed by atoms with Crippen molar-refractivity contribution in [3.8, 4) is 0 Å². The third-order valence-corrected chi connectivity index (χ3v) is 4.71. The van der Waals surface area contributed by atoms with Crippen LogP contribution in [0, 0.1) is 0 Å². The van der Waals surface area contributed by atoms with Crippen molar-refractivity contribution in [1.82, 2.24) is 34.8 Å². The smallest absolute Gasteiger partial charge is 0.222 e. The van der Waals surface area contributed by atoms with Crippen LogP contribution in [0.4, 0.5) is 5.95 Å². The lowest BCUT2D eigenvalue weighted by molar-refractivity contribution is 0.203. The quantitative estimate of drug-likeness (QED) is 0.721. The van der Waals surface area contributed by atoms with E-state index in [0.717, 1.165) is 43.3 Å². The van der Waals surface area contributed by atoms with Crippen LogP contribution in [0.1, 0.15) is 43.5 Å². The Morgan fingerprint density at radius 3 is 2.70 bits per heavy atom. The minimum atomic E-state index is 0.0691. The molecule has 8 nitrogen and oxygen atoms in total. The molecule has 0 spiro atoms. The molecule has 0 fully saturated rings. The molecule has 0 saturated heterocycles. The lowest BCUT2D eigenvalue weighted by Crippen LogP contribution is -2.33. The lowest BCUT2D eigenvalue weighted by atomic mass is 9.92. The van der Waals surface area contributed by atoms with Crippen molar-refractivity contribution in [2.45, 2.75) is 52.4 Å². The molecule has 0 radical (unpaired) electrons. The van der Waals surface area contributed by atoms with Gasteiger partial charge in [-0.25, -0.2) is 9.97 Å². The standard InChI is InChI=1S/C19H26N8/c1-19(2,3)17-10-15(23-24-17)12-26-7-8-27-16(13-26)9-14(25-27)11-22-18-20-5-4-6-21-18/h4-6,9-10H,7-8,11-13H2,1-3H3,(H,23,24)(H,20,21,22). The number of fused-ring (bicyclic) bond motifs is 1. The molecule has 0 saturated carbocycles. The van der Waals surface area contributed by atoms with Crippen LogP contribution in [-0.4, -0.2) is 41.4 Å². The Morgan fingerprint density at radius 2 is 1.96 bits per heavy atom. The first-order valence-electron chi connectivity index (χ1n) is 9.31. The molecule has 0 bridgehead atoms. The molecule has 4 heterocycles. The molecule has 8 heteroatoms. The summed E-state index contributed by atoms with van der Waals surface area (Å²) < 4.78 is 2.10. The SMILES string of the molecule is CC(C)(C)c1cc(CN2CCn3nc(CNc4ncccn4)cc3C2)[nH]n1. The summed E-state index contributed by atoms with van der Waals surface area (Å²) in [6, 6.07) is 6.15. The molecule has 142 valence electrons. The second kappa shape index (κ2) is 7.11. The van der Waals surface area contributed by atoms with Gasteiger partial charge >= 0.3 is 0 Å². The average molecular weight is 366 g/mol. The van der Waals surface area contributed by atoms with Crippen LogP contribution < -0.4 is 5.32 Å². The van der Waals surface area contributed by atoms with E-state index in [-0.39, 0.29) is 5.41 Å². The van der Waals surface area contributed by atoms with E-state index in [4.69, 9.17) is 5.10 Å². The molecule has 2 N–H and O–H groups in total. The third kappa shape index (κ3) is 4.16. The minimum absolute atomic E-state index is 0.0691. The lowest BCUT2D eigenvalue weighted by Gasteiger charge is -2.26. The summed E-state index contributed by atoms with van der Waals surface area (Å²) in [4.78, 5) is 10.8. The Bertz CT molecular complexity index is 890. The van der Waals surface area contributed by atoms with Crippen molar-refractivity contribution in [1.29, 1.82) is 0 Å². The van der Waals surface area contributed by atoms with Crippen LogP contribution >= 0.6 is 0 Å². The monoisotopic (exact) mass is 366 g/mol. The average Bonchev–Trinajstić information content (AvgIpc) is 3.27. The first-order valence-corrected chi connectivity index (χ1v) is 9.31. The van der Waals surface area contributed by atoms with Gasteiger partial charge in [0.25, 0.3) is 0 Å². The highest BCUT2D eigenvalue weighted by molar-refractivity contribution is 5.25. The van der Waals surface area contributed by atoms with Crippen LogP contribution in [0.2, 0.25) is 0 Å². The summed E-state index contributed by atoms with van der Waals surface area (Å²) in [6.07, 6.45) is 3.46. The van der Waals surface area contributed by atoms with E-state index in [1.807, 2.05) is 0 Å². The first-order chi connectivity index (χ1) is 13.0. The summed E-state index contributed by atoms with van der Waals surface area (Å²) in [7, 11) is 0. The molecule has 0 aliphatic carbocycles. The molecule has 0 aromatic carbocycles. The maximum atomic E-state index is 4.70. The highest BCUT2D eigenvalue weighted by Crippen LogP contribution is 2.22. The highest BCUT2D eigenvalue weighted by Gasteiger charge is 2.21. The largest absolute Gasteiger partial charge is 0.348 e. The van der Waals surface area contributed by atoms with E-state index in [9.17, 15) is 0 Å². The number of nitrogens with one attached hydrogen (secondary N) is 2. The molecular formula is C19H26N8. The Hall–Kier alpha value is -2.74. The highest BCUT2D eigenvalue weighted by atomic mass is 15.3. The van der Waals surface area contributed by atoms with Gasteiger partial charge in [0.15, 0.2) is 0 Å². The van der Waals surface area contributed by atoms with Gasteiger partial charge in [0, 0.05) is 43.1 Å². The van der Waals surface area contributed by atoms with Gasteiger partial charge in [-0.3, -0.25) is 14.7 Å². The Balaban J connectivity index is 1.37. The summed E-state index contributed by atoms with van der Waals surface area (Å²) >= 11 is 0. The molecule has 1 aliphatic rings. The van der Waals surface area contributed by atoms with Gasteiger partial charge in [-0.2, -0.15) is 10.2 Å². The first kappa shape index (κ1) is 17.7. The van der Waals surface area contributed by atoms with Crippen molar-refractivity contribution >= 4 is 5.95 Å². The number of aromatic nitrogens is 6. The number of anilines is 1. The van der Waals surface area contributed by atoms with Gasteiger partial charge in [0.05, 0.1) is 30.2 Å². The zero-order chi connectivity index (χ0) is 18.9. The third-order valence-electron chi connectivity index (χ3n) is 4.71. The Morgan fingerprint density at radius 1 is 1.15 bits per heavy atom. The summed E-state index contributed by atoms with van der Waals surface area (Å²) in [5.41, 5.74) is 4.59. The number of hydrogen-bond acceptors (Lipinski definition) is 6. The molecule has 3 aromatic rings. The fourth-order valence-electron chi connectivity index (χ4n) is 3.23. The number of nitrogens with zero attached hydrogens (tertiary/aromatic N) is 6. The molecule has 0 atom stereocenters. The Kier molecular flexibility index (Phi) is 4.65. The maximum Gasteiger partial charge on any atom is 0.222 e. The molecule has 0 unspecified atom stereocenters. The normalized spacial score (nSPS) is 14.9. The van der Waals surface area contributed by atoms with Crippen molar-refractivity contribution in [2.24, 2.45) is 0 Å². The topological polar surface area (TPSA) is 87.5 Å². The predicted octanol–water partition coefficient (Wildman–Crippen LogP) is 2.32. The van der Waals surface area contributed by atoms with Gasteiger partial charge in [0.1, 0.15) is 0 Å². The second-order valence-electron chi connectivity index (χ2n) is 8.02. The molecule has 0 amide bonds. The van der Waals surface area contributed by atoms with Crippen LogP contribution in [0.25, 0.3) is 0 Å². The molecule has 1 aliphatic heterocycles. The van der Waals surface area contributed by atoms with Crippen molar-refractivity contribution < 1.29 is 0 Å². The zero-order valence-corrected chi connectivity index (χ0v) is 16.1. The van der Waals surface area contributed by atoms with E-state index in [2.05, 4.69) is 68.0 Å². The van der Waals surface area contributed by atoms with Gasteiger partial charge < -0.3 is 5.32 Å². The van der Waals surface area contributed by atoms with Crippen molar-refractivity contribution in [3.63, 3.8) is 0 Å². The summed E-state index contributed by atoms with van der Waals surface area (Å²) in [6.45, 7) is 10.8. The number of rotatable bonds is 5. The van der Waals surface area contributed by atoms with Crippen LogP contribution in [0.15, 0.2) is 30.6 Å². The summed E-state index contributed by atoms with van der Waals surface area (Å²) in [5.74, 6) is 0.624. The fourth-order valence-corrected chi connectivity index (χ4v) is 3.23.